The Morgan fingerprint density at radius 3 is 2.57 bits per heavy atom. The Bertz CT molecular complexity index is 1070. The van der Waals surface area contributed by atoms with Crippen LogP contribution in [0.5, 0.6) is 0 Å². The molecule has 0 spiro atoms. The molecule has 1 fully saturated rings. The first-order valence-electron chi connectivity index (χ1n) is 10.7. The summed E-state index contributed by atoms with van der Waals surface area (Å²) in [5.74, 6) is 0.984. The molecule has 0 aliphatic carbocycles. The molecule has 5 rings (SSSR count). The van der Waals surface area contributed by atoms with E-state index in [0.717, 1.165) is 56.0 Å². The number of fused-ring (bicyclic) bond motifs is 2. The van der Waals surface area contributed by atoms with Gasteiger partial charge in [-0.05, 0) is 49.6 Å². The highest BCUT2D eigenvalue weighted by Crippen LogP contribution is 2.35. The van der Waals surface area contributed by atoms with Gasteiger partial charge in [-0.15, -0.1) is 0 Å². The summed E-state index contributed by atoms with van der Waals surface area (Å²) in [6.07, 6.45) is 5.31. The van der Waals surface area contributed by atoms with Crippen molar-refractivity contribution in [3.05, 3.63) is 77.2 Å². The van der Waals surface area contributed by atoms with Crippen molar-refractivity contribution in [2.75, 3.05) is 20.1 Å². The number of hydrogen-bond donors (Lipinski definition) is 0. The Hall–Kier alpha value is -2.94. The van der Waals surface area contributed by atoms with E-state index < -0.39 is 0 Å². The van der Waals surface area contributed by atoms with Gasteiger partial charge in [-0.3, -0.25) is 0 Å². The zero-order valence-corrected chi connectivity index (χ0v) is 17.3. The van der Waals surface area contributed by atoms with E-state index in [1.807, 2.05) is 24.3 Å². The lowest BCUT2D eigenvalue weighted by molar-refractivity contribution is -0.0275. The number of nitrogens with zero attached hydrogens (tertiary/aromatic N) is 4. The maximum Gasteiger partial charge on any atom is 0.143 e. The van der Waals surface area contributed by atoms with Crippen molar-refractivity contribution in [3.63, 3.8) is 0 Å². The standard InChI is InChI=1S/C25H26N4O/c1-28-13-11-21(12-14-28)30-24-22-5-3-2-4-19(22)10-15-29-17-23(27-25(24)29)20-8-6-18(16-26)7-9-20/h2-9,17,21,24H,10-15H2,1H3. The van der Waals surface area contributed by atoms with Gasteiger partial charge in [0.05, 0.1) is 23.4 Å². The molecule has 0 amide bonds. The van der Waals surface area contributed by atoms with Crippen molar-refractivity contribution < 1.29 is 4.74 Å². The molecule has 0 saturated carbocycles. The second-order valence-electron chi connectivity index (χ2n) is 8.33. The summed E-state index contributed by atoms with van der Waals surface area (Å²) in [6, 6.07) is 18.5. The summed E-state index contributed by atoms with van der Waals surface area (Å²) >= 11 is 0. The van der Waals surface area contributed by atoms with Crippen molar-refractivity contribution in [3.8, 4) is 17.3 Å². The number of nitriles is 1. The number of likely N-dealkylation sites (tertiary alicyclic amines) is 1. The van der Waals surface area contributed by atoms with Crippen molar-refractivity contribution in [1.29, 1.82) is 5.26 Å². The van der Waals surface area contributed by atoms with E-state index in [2.05, 4.69) is 53.0 Å². The van der Waals surface area contributed by atoms with Gasteiger partial charge >= 0.3 is 0 Å². The number of ether oxygens (including phenoxy) is 1. The van der Waals surface area contributed by atoms with E-state index in [9.17, 15) is 0 Å². The zero-order chi connectivity index (χ0) is 20.5. The second kappa shape index (κ2) is 8.06. The summed E-state index contributed by atoms with van der Waals surface area (Å²) in [4.78, 5) is 7.41. The van der Waals surface area contributed by atoms with Gasteiger partial charge in [0, 0.05) is 31.4 Å². The third-order valence-electron chi connectivity index (χ3n) is 6.31. The number of aryl methyl sites for hydroxylation is 2. The molecule has 1 aromatic heterocycles. The third-order valence-corrected chi connectivity index (χ3v) is 6.31. The summed E-state index contributed by atoms with van der Waals surface area (Å²) in [7, 11) is 2.17. The van der Waals surface area contributed by atoms with Crippen LogP contribution in [0.25, 0.3) is 11.3 Å². The Balaban J connectivity index is 1.52. The third kappa shape index (κ3) is 3.65. The maximum atomic E-state index is 9.07. The van der Waals surface area contributed by atoms with Crippen LogP contribution in [0.1, 0.15) is 41.5 Å². The van der Waals surface area contributed by atoms with Crippen LogP contribution in [-0.2, 0) is 17.7 Å². The van der Waals surface area contributed by atoms with Gasteiger partial charge in [0.15, 0.2) is 0 Å². The number of imidazole rings is 1. The smallest absolute Gasteiger partial charge is 0.143 e. The molecular weight excluding hydrogens is 372 g/mol. The highest BCUT2D eigenvalue weighted by molar-refractivity contribution is 5.60. The van der Waals surface area contributed by atoms with Crippen LogP contribution in [0, 0.1) is 11.3 Å². The minimum atomic E-state index is -0.149. The van der Waals surface area contributed by atoms with Gasteiger partial charge in [0.2, 0.25) is 0 Å². The van der Waals surface area contributed by atoms with Crippen molar-refractivity contribution in [2.45, 2.75) is 38.0 Å². The molecule has 2 aliphatic heterocycles. The lowest BCUT2D eigenvalue weighted by atomic mass is 10.00. The summed E-state index contributed by atoms with van der Waals surface area (Å²) < 4.78 is 9.00. The zero-order valence-electron chi connectivity index (χ0n) is 17.3. The van der Waals surface area contributed by atoms with Gasteiger partial charge in [-0.2, -0.15) is 5.26 Å². The first kappa shape index (κ1) is 19.0. The van der Waals surface area contributed by atoms with E-state index in [1.54, 1.807) is 0 Å². The lowest BCUT2D eigenvalue weighted by Crippen LogP contribution is -2.35. The minimum Gasteiger partial charge on any atom is -0.362 e. The van der Waals surface area contributed by atoms with Crippen LogP contribution in [0.4, 0.5) is 0 Å². The molecule has 0 N–H and O–H groups in total. The van der Waals surface area contributed by atoms with Gasteiger partial charge in [-0.1, -0.05) is 36.4 Å². The van der Waals surface area contributed by atoms with Crippen LogP contribution in [-0.4, -0.2) is 40.7 Å². The molecule has 1 unspecified atom stereocenters. The molecule has 0 radical (unpaired) electrons. The van der Waals surface area contributed by atoms with Crippen LogP contribution in [0.2, 0.25) is 0 Å². The average molecular weight is 399 g/mol. The van der Waals surface area contributed by atoms with Crippen LogP contribution in [0.15, 0.2) is 54.7 Å². The van der Waals surface area contributed by atoms with Gasteiger partial charge in [-0.25, -0.2) is 4.98 Å². The summed E-state index contributed by atoms with van der Waals surface area (Å²) in [5, 5.41) is 9.07. The molecule has 5 nitrogen and oxygen atoms in total. The topological polar surface area (TPSA) is 54.1 Å². The highest BCUT2D eigenvalue weighted by atomic mass is 16.5. The van der Waals surface area contributed by atoms with Crippen molar-refractivity contribution in [1.82, 2.24) is 14.5 Å². The Morgan fingerprint density at radius 1 is 1.03 bits per heavy atom. The van der Waals surface area contributed by atoms with E-state index in [-0.39, 0.29) is 12.2 Å². The molecule has 2 aliphatic rings. The molecule has 0 bridgehead atoms. The first-order chi connectivity index (χ1) is 14.7. The van der Waals surface area contributed by atoms with Crippen molar-refractivity contribution in [2.24, 2.45) is 0 Å². The molecule has 3 aromatic rings. The Morgan fingerprint density at radius 2 is 1.80 bits per heavy atom. The first-order valence-corrected chi connectivity index (χ1v) is 10.7. The number of aromatic nitrogens is 2. The fraction of sp³-hybridized carbons (Fsp3) is 0.360. The molecule has 1 atom stereocenters. The molecule has 30 heavy (non-hydrogen) atoms. The van der Waals surface area contributed by atoms with Crippen LogP contribution >= 0.6 is 0 Å². The van der Waals surface area contributed by atoms with Crippen LogP contribution in [0.3, 0.4) is 0 Å². The number of rotatable bonds is 3. The maximum absolute atomic E-state index is 9.07. The normalized spacial score (nSPS) is 19.5. The van der Waals surface area contributed by atoms with E-state index in [1.165, 1.54) is 11.1 Å². The summed E-state index contributed by atoms with van der Waals surface area (Å²) in [5.41, 5.74) is 5.22. The predicted octanol–water partition coefficient (Wildman–Crippen LogP) is 4.18. The summed E-state index contributed by atoms with van der Waals surface area (Å²) in [6.45, 7) is 3.04. The number of piperidine rings is 1. The Kier molecular flexibility index (Phi) is 5.12. The second-order valence-corrected chi connectivity index (χ2v) is 8.33. The van der Waals surface area contributed by atoms with E-state index in [4.69, 9.17) is 15.0 Å². The number of hydrogen-bond acceptors (Lipinski definition) is 4. The van der Waals surface area contributed by atoms with Gasteiger partial charge in [0.1, 0.15) is 11.9 Å². The fourth-order valence-electron chi connectivity index (χ4n) is 4.52. The average Bonchev–Trinajstić information content (AvgIpc) is 3.16. The Labute approximate surface area is 177 Å². The molecule has 1 saturated heterocycles. The van der Waals surface area contributed by atoms with E-state index >= 15 is 0 Å². The number of benzene rings is 2. The SMILES string of the molecule is CN1CCC(OC2c3ccccc3CCn3cc(-c4ccc(C#N)cc4)nc32)CC1. The predicted molar refractivity (Wildman–Crippen MR) is 116 cm³/mol. The molecular formula is C25H26N4O. The van der Waals surface area contributed by atoms with Crippen molar-refractivity contribution >= 4 is 0 Å². The molecule has 152 valence electrons. The van der Waals surface area contributed by atoms with Gasteiger partial charge < -0.3 is 14.2 Å². The monoisotopic (exact) mass is 398 g/mol. The minimum absolute atomic E-state index is 0.149. The van der Waals surface area contributed by atoms with Gasteiger partial charge in [0.25, 0.3) is 0 Å². The molecule has 2 aromatic carbocycles. The fourth-order valence-corrected chi connectivity index (χ4v) is 4.52. The quantitative estimate of drug-likeness (QED) is 0.664. The highest BCUT2D eigenvalue weighted by Gasteiger charge is 2.30. The lowest BCUT2D eigenvalue weighted by Gasteiger charge is -2.32. The molecule has 5 heteroatoms. The molecule has 3 heterocycles. The van der Waals surface area contributed by atoms with E-state index in [0.29, 0.717) is 5.56 Å². The largest absolute Gasteiger partial charge is 0.362 e. The van der Waals surface area contributed by atoms with Crippen LogP contribution < -0.4 is 0 Å².